The minimum absolute atomic E-state index is 0.125. The van der Waals surface area contributed by atoms with E-state index < -0.39 is 5.91 Å². The maximum atomic E-state index is 12.4. The number of primary amides is 1. The number of para-hydroxylation sites is 1. The van der Waals surface area contributed by atoms with Crippen molar-refractivity contribution in [2.75, 3.05) is 0 Å². The summed E-state index contributed by atoms with van der Waals surface area (Å²) in [7, 11) is 0. The number of carbonyl (C=O) groups excluding carboxylic acids is 2. The van der Waals surface area contributed by atoms with Crippen LogP contribution in [-0.2, 0) is 22.7 Å². The summed E-state index contributed by atoms with van der Waals surface area (Å²) in [6, 6.07) is 18.9. The third kappa shape index (κ3) is 4.22. The number of carbonyl (C=O) groups is 2. The molecule has 2 amide bonds. The summed E-state index contributed by atoms with van der Waals surface area (Å²) in [4.78, 5) is 23.7. The summed E-state index contributed by atoms with van der Waals surface area (Å²) in [6.45, 7) is 0.575. The zero-order chi connectivity index (χ0) is 19.2. The van der Waals surface area contributed by atoms with E-state index in [0.717, 1.165) is 16.5 Å². The van der Waals surface area contributed by atoms with Crippen LogP contribution < -0.4 is 11.1 Å². The van der Waals surface area contributed by atoms with Crippen LogP contribution in [0.2, 0.25) is 0 Å². The molecule has 6 heteroatoms. The predicted molar refractivity (Wildman–Crippen MR) is 103 cm³/mol. The second-order valence-electron chi connectivity index (χ2n) is 6.03. The number of nitrogens with two attached hydrogens (primary N) is 1. The van der Waals surface area contributed by atoms with Crippen molar-refractivity contribution in [3.63, 3.8) is 0 Å². The number of rotatable bonds is 6. The second-order valence-corrected chi connectivity index (χ2v) is 6.03. The molecule has 0 spiro atoms. The number of fused-ring (bicyclic) bond motifs is 1. The maximum absolute atomic E-state index is 12.4. The van der Waals surface area contributed by atoms with Gasteiger partial charge in [0.2, 0.25) is 5.91 Å². The van der Waals surface area contributed by atoms with E-state index in [-0.39, 0.29) is 18.0 Å². The van der Waals surface area contributed by atoms with E-state index in [0.29, 0.717) is 12.1 Å². The van der Waals surface area contributed by atoms with Crippen molar-refractivity contribution in [1.82, 2.24) is 9.88 Å². The highest BCUT2D eigenvalue weighted by atomic mass is 16.2. The van der Waals surface area contributed by atoms with Gasteiger partial charge in [0.1, 0.15) is 18.2 Å². The molecular formula is C21H18N4O2. The third-order valence-electron chi connectivity index (χ3n) is 4.15. The molecule has 0 aliphatic rings. The molecule has 27 heavy (non-hydrogen) atoms. The molecule has 3 rings (SSSR count). The van der Waals surface area contributed by atoms with Gasteiger partial charge >= 0.3 is 0 Å². The molecule has 0 bridgehead atoms. The lowest BCUT2D eigenvalue weighted by Gasteiger charge is -2.07. The lowest BCUT2D eigenvalue weighted by atomic mass is 10.1. The van der Waals surface area contributed by atoms with Gasteiger partial charge in [0, 0.05) is 29.2 Å². The highest BCUT2D eigenvalue weighted by Gasteiger charge is 2.12. The first-order chi connectivity index (χ1) is 13.1. The molecule has 0 saturated heterocycles. The van der Waals surface area contributed by atoms with Gasteiger partial charge < -0.3 is 15.6 Å². The van der Waals surface area contributed by atoms with E-state index in [4.69, 9.17) is 11.0 Å². The first-order valence-corrected chi connectivity index (χ1v) is 8.38. The van der Waals surface area contributed by atoms with Crippen molar-refractivity contribution in [3.8, 4) is 6.07 Å². The largest absolute Gasteiger partial charge is 0.365 e. The van der Waals surface area contributed by atoms with Gasteiger partial charge in [-0.15, -0.1) is 0 Å². The normalized spacial score (nSPS) is 11.1. The van der Waals surface area contributed by atoms with Crippen molar-refractivity contribution in [3.05, 3.63) is 77.5 Å². The van der Waals surface area contributed by atoms with Gasteiger partial charge in [0.25, 0.3) is 5.91 Å². The molecule has 2 aromatic carbocycles. The topological polar surface area (TPSA) is 101 Å². The fourth-order valence-corrected chi connectivity index (χ4v) is 2.84. The number of nitrogens with zero attached hydrogens (tertiary/aromatic N) is 2. The number of benzene rings is 2. The van der Waals surface area contributed by atoms with E-state index in [1.807, 2.05) is 54.6 Å². The Morgan fingerprint density at radius 2 is 1.81 bits per heavy atom. The van der Waals surface area contributed by atoms with Gasteiger partial charge in [-0.25, -0.2) is 0 Å². The molecule has 3 N–H and O–H groups in total. The lowest BCUT2D eigenvalue weighted by Crippen LogP contribution is -2.26. The average molecular weight is 358 g/mol. The maximum Gasteiger partial charge on any atom is 0.259 e. The minimum Gasteiger partial charge on any atom is -0.365 e. The summed E-state index contributed by atoms with van der Waals surface area (Å²) in [5.74, 6) is -0.916. The molecule has 0 fully saturated rings. The fraction of sp³-hybridized carbons (Fsp3) is 0.0952. The van der Waals surface area contributed by atoms with E-state index in [1.54, 1.807) is 16.8 Å². The molecule has 3 aromatic rings. The molecule has 1 heterocycles. The van der Waals surface area contributed by atoms with Crippen LogP contribution in [0, 0.1) is 11.3 Å². The number of nitrogens with one attached hydrogen (secondary N) is 1. The Bertz CT molecular complexity index is 1060. The lowest BCUT2D eigenvalue weighted by molar-refractivity contribution is -0.121. The Balaban J connectivity index is 1.84. The van der Waals surface area contributed by atoms with Crippen molar-refractivity contribution >= 4 is 28.8 Å². The molecule has 0 saturated carbocycles. The molecule has 1 aromatic heterocycles. The summed E-state index contributed by atoms with van der Waals surface area (Å²) >= 11 is 0. The van der Waals surface area contributed by atoms with E-state index in [9.17, 15) is 9.59 Å². The number of amides is 2. The summed E-state index contributed by atoms with van der Waals surface area (Å²) in [5.41, 5.74) is 7.61. The first kappa shape index (κ1) is 18.0. The summed E-state index contributed by atoms with van der Waals surface area (Å²) < 4.78 is 1.79. The quantitative estimate of drug-likeness (QED) is 0.522. The molecular weight excluding hydrogens is 340 g/mol. The average Bonchev–Trinajstić information content (AvgIpc) is 3.02. The monoisotopic (exact) mass is 358 g/mol. The van der Waals surface area contributed by atoms with Crippen LogP contribution in [-0.4, -0.2) is 16.4 Å². The Morgan fingerprint density at radius 3 is 2.52 bits per heavy atom. The third-order valence-corrected chi connectivity index (χ3v) is 4.15. The van der Waals surface area contributed by atoms with Crippen molar-refractivity contribution in [1.29, 1.82) is 5.26 Å². The van der Waals surface area contributed by atoms with Crippen LogP contribution in [0.1, 0.15) is 11.1 Å². The van der Waals surface area contributed by atoms with Gasteiger partial charge in [0.05, 0.1) is 0 Å². The fourth-order valence-electron chi connectivity index (χ4n) is 2.84. The molecule has 0 unspecified atom stereocenters. The highest BCUT2D eigenvalue weighted by Crippen LogP contribution is 2.23. The SMILES string of the molecule is N#C/C(=C\c1cn(CC(=O)NCc2ccccc2)c2ccccc12)C(N)=O. The Morgan fingerprint density at radius 1 is 1.11 bits per heavy atom. The van der Waals surface area contributed by atoms with Crippen molar-refractivity contribution in [2.45, 2.75) is 13.1 Å². The predicted octanol–water partition coefficient (Wildman–Crippen LogP) is 2.35. The Labute approximate surface area is 156 Å². The number of hydrogen-bond acceptors (Lipinski definition) is 3. The highest BCUT2D eigenvalue weighted by molar-refractivity contribution is 6.03. The van der Waals surface area contributed by atoms with Crippen LogP contribution in [0.5, 0.6) is 0 Å². The van der Waals surface area contributed by atoms with Gasteiger partial charge in [-0.2, -0.15) is 5.26 Å². The van der Waals surface area contributed by atoms with Crippen molar-refractivity contribution in [2.24, 2.45) is 5.73 Å². The number of aromatic nitrogens is 1. The molecule has 6 nitrogen and oxygen atoms in total. The van der Waals surface area contributed by atoms with Gasteiger partial charge in [-0.1, -0.05) is 48.5 Å². The van der Waals surface area contributed by atoms with E-state index >= 15 is 0 Å². The standard InChI is InChI=1S/C21H18N4O2/c22-11-16(21(23)27)10-17-13-25(19-9-5-4-8-18(17)19)14-20(26)24-12-15-6-2-1-3-7-15/h1-10,13H,12,14H2,(H2,23,27)(H,24,26)/b16-10+. The van der Waals surface area contributed by atoms with Crippen LogP contribution in [0.4, 0.5) is 0 Å². The minimum atomic E-state index is -0.782. The smallest absolute Gasteiger partial charge is 0.259 e. The second kappa shape index (κ2) is 8.02. The Kier molecular flexibility index (Phi) is 5.33. The van der Waals surface area contributed by atoms with Crippen molar-refractivity contribution < 1.29 is 9.59 Å². The molecule has 0 aliphatic carbocycles. The van der Waals surface area contributed by atoms with Crippen LogP contribution in [0.25, 0.3) is 17.0 Å². The van der Waals surface area contributed by atoms with Gasteiger partial charge in [-0.3, -0.25) is 9.59 Å². The zero-order valence-corrected chi connectivity index (χ0v) is 14.6. The van der Waals surface area contributed by atoms with Crippen LogP contribution >= 0.6 is 0 Å². The number of hydrogen-bond donors (Lipinski definition) is 2. The summed E-state index contributed by atoms with van der Waals surface area (Å²) in [5, 5.41) is 12.8. The molecule has 0 radical (unpaired) electrons. The Hall–Kier alpha value is -3.85. The molecule has 0 aliphatic heterocycles. The van der Waals surface area contributed by atoms with Gasteiger partial charge in [-0.05, 0) is 17.7 Å². The molecule has 134 valence electrons. The van der Waals surface area contributed by atoms with Gasteiger partial charge in [0.15, 0.2) is 0 Å². The summed E-state index contributed by atoms with van der Waals surface area (Å²) in [6.07, 6.45) is 3.19. The van der Waals surface area contributed by atoms with Crippen LogP contribution in [0.3, 0.4) is 0 Å². The van der Waals surface area contributed by atoms with E-state index in [2.05, 4.69) is 5.32 Å². The zero-order valence-electron chi connectivity index (χ0n) is 14.6. The van der Waals surface area contributed by atoms with E-state index in [1.165, 1.54) is 6.08 Å². The first-order valence-electron chi connectivity index (χ1n) is 8.38. The molecule has 0 atom stereocenters. The number of nitriles is 1. The van der Waals surface area contributed by atoms with Crippen LogP contribution in [0.15, 0.2) is 66.4 Å².